The van der Waals surface area contributed by atoms with E-state index in [1.54, 1.807) is 12.1 Å². The van der Waals surface area contributed by atoms with E-state index in [9.17, 15) is 9.59 Å². The van der Waals surface area contributed by atoms with Crippen molar-refractivity contribution in [3.8, 4) is 0 Å². The van der Waals surface area contributed by atoms with Crippen molar-refractivity contribution in [1.29, 1.82) is 0 Å². The third-order valence-corrected chi connectivity index (χ3v) is 3.61. The Morgan fingerprint density at radius 3 is 2.88 bits per heavy atom. The molecule has 0 amide bonds. The van der Waals surface area contributed by atoms with E-state index in [-0.39, 0.29) is 30.9 Å². The molecular weight excluding hydrogens is 324 g/mol. The second-order valence-corrected chi connectivity index (χ2v) is 5.59. The van der Waals surface area contributed by atoms with Crippen LogP contribution in [0.1, 0.15) is 35.8 Å². The Labute approximate surface area is 144 Å². The van der Waals surface area contributed by atoms with Crippen LogP contribution in [0.15, 0.2) is 42.5 Å². The van der Waals surface area contributed by atoms with Gasteiger partial charge in [0.2, 0.25) is 0 Å². The zero-order valence-corrected chi connectivity index (χ0v) is 13.7. The highest BCUT2D eigenvalue weighted by Crippen LogP contribution is 2.20. The first-order valence-corrected chi connectivity index (χ1v) is 7.94. The van der Waals surface area contributed by atoms with E-state index in [4.69, 9.17) is 9.47 Å². The van der Waals surface area contributed by atoms with Crippen molar-refractivity contribution in [3.05, 3.63) is 53.9 Å². The number of rotatable bonds is 6. The summed E-state index contributed by atoms with van der Waals surface area (Å²) in [7, 11) is 0. The lowest BCUT2D eigenvalue weighted by atomic mass is 10.1. The van der Waals surface area contributed by atoms with Crippen LogP contribution in [0.25, 0.3) is 0 Å². The molecule has 0 bridgehead atoms. The van der Waals surface area contributed by atoms with Gasteiger partial charge in [0.1, 0.15) is 12.7 Å². The molecule has 0 fully saturated rings. The number of benzene rings is 1. The molecule has 1 aromatic carbocycles. The van der Waals surface area contributed by atoms with Crippen LogP contribution in [-0.2, 0) is 20.7 Å². The number of nitrogens with zero attached hydrogens (tertiary/aromatic N) is 4. The summed E-state index contributed by atoms with van der Waals surface area (Å²) in [5.41, 5.74) is 0.608. The fourth-order valence-corrected chi connectivity index (χ4v) is 2.41. The summed E-state index contributed by atoms with van der Waals surface area (Å²) in [5.74, 6) is -0.0967. The topological polar surface area (TPSA) is 96.2 Å². The molecule has 8 nitrogen and oxygen atoms in total. The van der Waals surface area contributed by atoms with Gasteiger partial charge in [-0.25, -0.2) is 0 Å². The smallest absolute Gasteiger partial charge is 0.302 e. The summed E-state index contributed by atoms with van der Waals surface area (Å²) in [6.45, 7) is 1.48. The van der Waals surface area contributed by atoms with Gasteiger partial charge >= 0.3 is 5.97 Å². The summed E-state index contributed by atoms with van der Waals surface area (Å²) < 4.78 is 10.7. The number of Topliss-reactive ketones (excluding diaryl/α,β-unsaturated/α-hetero) is 1. The third-order valence-electron chi connectivity index (χ3n) is 3.61. The number of hydrogen-bond acceptors (Lipinski definition) is 7. The Morgan fingerprint density at radius 1 is 1.32 bits per heavy atom. The van der Waals surface area contributed by atoms with Gasteiger partial charge in [-0.2, -0.15) is 0 Å². The Hall–Kier alpha value is -2.87. The number of hydrogen-bond donors (Lipinski definition) is 0. The van der Waals surface area contributed by atoms with E-state index in [0.717, 1.165) is 0 Å². The molecule has 2 aromatic rings. The molecule has 0 N–H and O–H groups in total. The minimum Gasteiger partial charge on any atom is -0.463 e. The maximum absolute atomic E-state index is 12.2. The van der Waals surface area contributed by atoms with Gasteiger partial charge in [0.15, 0.2) is 17.8 Å². The Kier molecular flexibility index (Phi) is 5.30. The van der Waals surface area contributed by atoms with Crippen LogP contribution in [0.5, 0.6) is 0 Å². The van der Waals surface area contributed by atoms with Crippen molar-refractivity contribution in [1.82, 2.24) is 20.2 Å². The molecule has 1 aliphatic rings. The highest BCUT2D eigenvalue weighted by atomic mass is 16.6. The first-order chi connectivity index (χ1) is 12.1. The van der Waals surface area contributed by atoms with E-state index in [1.165, 1.54) is 11.7 Å². The monoisotopic (exact) mass is 342 g/mol. The first kappa shape index (κ1) is 17.0. The van der Waals surface area contributed by atoms with Crippen molar-refractivity contribution in [3.63, 3.8) is 0 Å². The van der Waals surface area contributed by atoms with Crippen LogP contribution >= 0.6 is 0 Å². The predicted molar refractivity (Wildman–Crippen MR) is 86.6 cm³/mol. The molecule has 0 aliphatic carbocycles. The first-order valence-electron chi connectivity index (χ1n) is 7.94. The lowest BCUT2D eigenvalue weighted by Crippen LogP contribution is -2.28. The van der Waals surface area contributed by atoms with Gasteiger partial charge in [-0.15, -0.1) is 15.0 Å². The maximum Gasteiger partial charge on any atom is 0.302 e. The van der Waals surface area contributed by atoms with Crippen LogP contribution in [0.4, 0.5) is 0 Å². The van der Waals surface area contributed by atoms with Gasteiger partial charge in [0.25, 0.3) is 0 Å². The zero-order chi connectivity index (χ0) is 17.6. The van der Waals surface area contributed by atoms with Crippen molar-refractivity contribution < 1.29 is 19.1 Å². The van der Waals surface area contributed by atoms with E-state index >= 15 is 0 Å². The lowest BCUT2D eigenvalue weighted by molar-refractivity contribution is -0.148. The molecular formula is C17H18N4O4. The van der Waals surface area contributed by atoms with Crippen LogP contribution in [0, 0.1) is 0 Å². The van der Waals surface area contributed by atoms with E-state index in [2.05, 4.69) is 15.4 Å². The van der Waals surface area contributed by atoms with Crippen molar-refractivity contribution in [2.75, 3.05) is 6.61 Å². The number of tetrazole rings is 1. The molecule has 0 spiro atoms. The molecule has 25 heavy (non-hydrogen) atoms. The van der Waals surface area contributed by atoms with Gasteiger partial charge < -0.3 is 9.47 Å². The predicted octanol–water partition coefficient (Wildman–Crippen LogP) is 1.51. The van der Waals surface area contributed by atoms with Crippen LogP contribution in [-0.4, -0.2) is 44.7 Å². The van der Waals surface area contributed by atoms with Crippen molar-refractivity contribution >= 4 is 11.8 Å². The SMILES string of the molecule is CC(=O)OCC1C=CCC(n2nnc(CC(=O)c3ccccc3)n2)O1. The molecule has 1 aliphatic heterocycles. The average molecular weight is 342 g/mol. The van der Waals surface area contributed by atoms with Crippen LogP contribution in [0.3, 0.4) is 0 Å². The number of esters is 1. The van der Waals surface area contributed by atoms with Crippen LogP contribution in [0.2, 0.25) is 0 Å². The molecule has 0 saturated carbocycles. The highest BCUT2D eigenvalue weighted by Gasteiger charge is 2.23. The van der Waals surface area contributed by atoms with Crippen LogP contribution < -0.4 is 0 Å². The molecule has 2 unspecified atom stereocenters. The zero-order valence-electron chi connectivity index (χ0n) is 13.7. The molecule has 2 atom stereocenters. The van der Waals surface area contributed by atoms with Gasteiger partial charge in [-0.3, -0.25) is 9.59 Å². The number of carbonyl (C=O) groups excluding carboxylic acids is 2. The minimum absolute atomic E-state index is 0.0719. The van der Waals surface area contributed by atoms with Gasteiger partial charge in [-0.05, 0) is 5.21 Å². The van der Waals surface area contributed by atoms with Crippen molar-refractivity contribution in [2.45, 2.75) is 32.1 Å². The largest absolute Gasteiger partial charge is 0.463 e. The lowest BCUT2D eigenvalue weighted by Gasteiger charge is -2.24. The number of ketones is 1. The third kappa shape index (κ3) is 4.57. The van der Waals surface area contributed by atoms with E-state index in [1.807, 2.05) is 30.4 Å². The molecule has 0 radical (unpaired) electrons. The summed E-state index contributed by atoms with van der Waals surface area (Å²) in [5, 5.41) is 12.1. The Balaban J connectivity index is 1.60. The Bertz CT molecular complexity index is 772. The molecule has 8 heteroatoms. The number of aromatic nitrogens is 4. The normalized spacial score (nSPS) is 19.6. The fourth-order valence-electron chi connectivity index (χ4n) is 2.41. The van der Waals surface area contributed by atoms with Gasteiger partial charge in [-0.1, -0.05) is 42.5 Å². The van der Waals surface area contributed by atoms with Gasteiger partial charge in [0, 0.05) is 18.9 Å². The average Bonchev–Trinajstić information content (AvgIpc) is 3.09. The fraction of sp³-hybridized carbons (Fsp3) is 0.353. The van der Waals surface area contributed by atoms with Crippen molar-refractivity contribution in [2.24, 2.45) is 0 Å². The number of carbonyl (C=O) groups is 2. The Morgan fingerprint density at radius 2 is 2.12 bits per heavy atom. The summed E-state index contributed by atoms with van der Waals surface area (Å²) in [4.78, 5) is 24.4. The van der Waals surface area contributed by atoms with E-state index < -0.39 is 6.23 Å². The molecule has 130 valence electrons. The standard InChI is InChI=1S/C17H18N4O4/c1-12(22)24-11-14-8-5-9-17(25-14)21-19-16(18-20-21)10-15(23)13-6-3-2-4-7-13/h2-8,14,17H,9-11H2,1H3. The summed E-state index contributed by atoms with van der Waals surface area (Å²) in [6.07, 6.45) is 3.58. The summed E-state index contributed by atoms with van der Waals surface area (Å²) in [6, 6.07) is 8.97. The second-order valence-electron chi connectivity index (χ2n) is 5.59. The summed E-state index contributed by atoms with van der Waals surface area (Å²) >= 11 is 0. The molecule has 2 heterocycles. The van der Waals surface area contributed by atoms with Gasteiger partial charge in [0.05, 0.1) is 6.42 Å². The molecule has 1 aromatic heterocycles. The maximum atomic E-state index is 12.2. The van der Waals surface area contributed by atoms with E-state index in [0.29, 0.717) is 17.8 Å². The molecule has 3 rings (SSSR count). The highest BCUT2D eigenvalue weighted by molar-refractivity contribution is 5.97. The quantitative estimate of drug-likeness (QED) is 0.446. The minimum atomic E-state index is -0.446. The number of ether oxygens (including phenoxy) is 2. The molecule has 0 saturated heterocycles. The second kappa shape index (κ2) is 7.80.